The van der Waals surface area contributed by atoms with Crippen LogP contribution in [-0.2, 0) is 30.4 Å². The van der Waals surface area contributed by atoms with Crippen molar-refractivity contribution in [2.75, 3.05) is 28.2 Å². The SMILES string of the molecule is CN(C)[C@@H]1C(O)=C(C(N)=O)C(=O)[C@@]2(O)C(O)=C3C(=O)c4c(O)cccc4[C@@](C)(O)[C@H]3[C@H](O)[C@@H]12.CN(C)[C@@H]1C(O)=C(C(N)=O)C(=O)[C@@]2(O)C(O)=C3C(=O)c4c(O)cccc4[C@@](C)(O)[C@H]3[C@H](O)[C@@H]12. The number of fused-ring (bicyclic) bond motifs is 6. The number of hydrogen-bond donors (Lipinski definition) is 14. The lowest BCUT2D eigenvalue weighted by molar-refractivity contribution is -0.173. The Balaban J connectivity index is 0.000000196. The number of aromatic hydroxyl groups is 2. The van der Waals surface area contributed by atoms with E-state index >= 15 is 0 Å². The number of primary amides is 2. The topological polar surface area (TPSA) is 404 Å². The van der Waals surface area contributed by atoms with Gasteiger partial charge in [0, 0.05) is 0 Å². The maximum Gasteiger partial charge on any atom is 0.255 e. The molecule has 8 rings (SSSR count). The second-order valence-corrected chi connectivity index (χ2v) is 18.1. The van der Waals surface area contributed by atoms with Crippen LogP contribution in [-0.4, -0.2) is 170 Å². The average Bonchev–Trinajstić information content (AvgIpc) is 3.20. The fraction of sp³-hybridized carbons (Fsp3) is 0.409. The largest absolute Gasteiger partial charge is 0.510 e. The molecule has 66 heavy (non-hydrogen) atoms. The Morgan fingerprint density at radius 2 is 0.864 bits per heavy atom. The number of hydrogen-bond acceptors (Lipinski definition) is 20. The third-order valence-corrected chi connectivity index (χ3v) is 14.1. The Kier molecular flexibility index (Phi) is 10.8. The maximum atomic E-state index is 13.3. The van der Waals surface area contributed by atoms with Gasteiger partial charge >= 0.3 is 0 Å². The summed E-state index contributed by atoms with van der Waals surface area (Å²) in [5.74, 6) is -19.3. The minimum absolute atomic E-state index is 0.0281. The van der Waals surface area contributed by atoms with Gasteiger partial charge in [-0.3, -0.25) is 38.6 Å². The molecule has 16 N–H and O–H groups in total. The Morgan fingerprint density at radius 1 is 0.561 bits per heavy atom. The summed E-state index contributed by atoms with van der Waals surface area (Å²) in [4.78, 5) is 79.6. The van der Waals surface area contributed by atoms with Gasteiger partial charge in [-0.15, -0.1) is 0 Å². The minimum Gasteiger partial charge on any atom is -0.510 e. The van der Waals surface area contributed by atoms with Crippen LogP contribution in [0, 0.1) is 23.7 Å². The number of benzene rings is 2. The highest BCUT2D eigenvalue weighted by Crippen LogP contribution is 2.58. The summed E-state index contributed by atoms with van der Waals surface area (Å²) in [6.45, 7) is 2.51. The van der Waals surface area contributed by atoms with Crippen molar-refractivity contribution in [2.24, 2.45) is 35.1 Å². The summed E-state index contributed by atoms with van der Waals surface area (Å²) in [6, 6.07) is 5.07. The molecule has 2 aromatic carbocycles. The molecule has 22 nitrogen and oxygen atoms in total. The Labute approximate surface area is 373 Å². The first-order valence-corrected chi connectivity index (χ1v) is 20.2. The van der Waals surface area contributed by atoms with Gasteiger partial charge in [-0.05, 0) is 65.3 Å². The predicted molar refractivity (Wildman–Crippen MR) is 222 cm³/mol. The molecule has 6 aliphatic carbocycles. The van der Waals surface area contributed by atoms with Crippen LogP contribution in [0.5, 0.6) is 11.5 Å². The Morgan fingerprint density at radius 3 is 1.14 bits per heavy atom. The second kappa shape index (κ2) is 15.0. The molecular formula is C44H48N4O18. The molecule has 0 unspecified atom stereocenters. The third-order valence-electron chi connectivity index (χ3n) is 14.1. The molecule has 352 valence electrons. The molecule has 0 saturated heterocycles. The number of phenolic OH excluding ortho intramolecular Hbond substituents is 2. The highest BCUT2D eigenvalue weighted by Gasteiger charge is 2.71. The number of likely N-dealkylation sites (N-methyl/N-ethyl adjacent to an activating group) is 2. The average molecular weight is 921 g/mol. The lowest BCUT2D eigenvalue weighted by Gasteiger charge is -2.55. The second-order valence-electron chi connectivity index (χ2n) is 18.1. The van der Waals surface area contributed by atoms with Gasteiger partial charge in [0.25, 0.3) is 11.8 Å². The van der Waals surface area contributed by atoms with Crippen molar-refractivity contribution < 1.29 is 90.0 Å². The first-order chi connectivity index (χ1) is 30.4. The van der Waals surface area contributed by atoms with Crippen LogP contribution in [0.25, 0.3) is 0 Å². The van der Waals surface area contributed by atoms with E-state index in [1.165, 1.54) is 88.2 Å². The van der Waals surface area contributed by atoms with Gasteiger partial charge in [0.05, 0.1) is 81.4 Å². The summed E-state index contributed by atoms with van der Waals surface area (Å²) < 4.78 is 0. The van der Waals surface area contributed by atoms with Gasteiger partial charge in [0.1, 0.15) is 45.7 Å². The Bertz CT molecular complexity index is 2550. The van der Waals surface area contributed by atoms with Crippen LogP contribution in [0.15, 0.2) is 81.7 Å². The first-order valence-electron chi connectivity index (χ1n) is 20.2. The third kappa shape index (κ3) is 5.83. The zero-order valence-corrected chi connectivity index (χ0v) is 35.9. The number of Topliss-reactive ketones (excluding diaryl/α,β-unsaturated/α-hetero) is 4. The van der Waals surface area contributed by atoms with Crippen molar-refractivity contribution in [1.29, 1.82) is 0 Å². The fourth-order valence-electron chi connectivity index (χ4n) is 11.2. The van der Waals surface area contributed by atoms with E-state index in [9.17, 15) is 90.0 Å². The van der Waals surface area contributed by atoms with E-state index in [0.717, 1.165) is 0 Å². The zero-order chi connectivity index (χ0) is 49.6. The molecule has 22 heteroatoms. The monoisotopic (exact) mass is 920 g/mol. The number of nitrogens with zero attached hydrogens (tertiary/aromatic N) is 2. The number of ketones is 4. The van der Waals surface area contributed by atoms with Gasteiger partial charge < -0.3 is 72.7 Å². The van der Waals surface area contributed by atoms with E-state index in [2.05, 4.69) is 0 Å². The van der Waals surface area contributed by atoms with Crippen LogP contribution >= 0.6 is 0 Å². The van der Waals surface area contributed by atoms with E-state index in [4.69, 9.17) is 11.5 Å². The normalized spacial score (nSPS) is 36.0. The van der Waals surface area contributed by atoms with Crippen molar-refractivity contribution in [3.05, 3.63) is 104 Å². The molecule has 0 bridgehead atoms. The maximum absolute atomic E-state index is 13.3. The molecule has 0 spiro atoms. The fourth-order valence-corrected chi connectivity index (χ4v) is 11.2. The van der Waals surface area contributed by atoms with Gasteiger partial charge in [0.2, 0.25) is 11.6 Å². The van der Waals surface area contributed by atoms with Crippen LogP contribution in [0.1, 0.15) is 45.7 Å². The van der Waals surface area contributed by atoms with E-state index in [0.29, 0.717) is 0 Å². The number of aliphatic hydroxyl groups excluding tert-OH is 6. The molecule has 12 atom stereocenters. The number of phenols is 2. The number of aliphatic hydroxyl groups is 10. The molecule has 6 aliphatic rings. The van der Waals surface area contributed by atoms with Crippen LogP contribution in [0.2, 0.25) is 0 Å². The van der Waals surface area contributed by atoms with Gasteiger partial charge in [-0.25, -0.2) is 0 Å². The number of rotatable bonds is 4. The summed E-state index contributed by atoms with van der Waals surface area (Å²) in [6.07, 6.45) is -3.74. The van der Waals surface area contributed by atoms with E-state index in [1.807, 2.05) is 0 Å². The van der Waals surface area contributed by atoms with Gasteiger partial charge in [-0.2, -0.15) is 0 Å². The molecule has 0 fully saturated rings. The molecule has 0 aliphatic heterocycles. The highest BCUT2D eigenvalue weighted by atomic mass is 16.4. The Hall–Kier alpha value is -6.50. The van der Waals surface area contributed by atoms with Crippen LogP contribution < -0.4 is 11.5 Å². The van der Waals surface area contributed by atoms with Crippen molar-refractivity contribution in [3.63, 3.8) is 0 Å². The zero-order valence-electron chi connectivity index (χ0n) is 35.9. The summed E-state index contributed by atoms with van der Waals surface area (Å²) >= 11 is 0. The van der Waals surface area contributed by atoms with E-state index < -0.39 is 162 Å². The highest BCUT2D eigenvalue weighted by molar-refractivity contribution is 6.26. The molecule has 0 aromatic heterocycles. The van der Waals surface area contributed by atoms with E-state index in [1.54, 1.807) is 0 Å². The molecule has 2 aromatic rings. The minimum atomic E-state index is -3.02. The van der Waals surface area contributed by atoms with Crippen molar-refractivity contribution >= 4 is 34.9 Å². The molecule has 2 amide bonds. The predicted octanol–water partition coefficient (Wildman–Crippen LogP) is -2.49. The number of carbonyl (C=O) groups excluding carboxylic acids is 6. The number of nitrogens with two attached hydrogens (primary N) is 2. The number of carbonyl (C=O) groups is 6. The first kappa shape index (κ1) is 47.5. The molecule has 0 radical (unpaired) electrons. The molecular weight excluding hydrogens is 872 g/mol. The summed E-state index contributed by atoms with van der Waals surface area (Å²) in [5, 5.41) is 133. The van der Waals surface area contributed by atoms with Crippen molar-refractivity contribution in [2.45, 2.75) is 60.5 Å². The lowest BCUT2D eigenvalue weighted by atomic mass is 9.54. The van der Waals surface area contributed by atoms with Crippen LogP contribution in [0.4, 0.5) is 0 Å². The van der Waals surface area contributed by atoms with Gasteiger partial charge in [-0.1, -0.05) is 24.3 Å². The van der Waals surface area contributed by atoms with Crippen LogP contribution in [0.3, 0.4) is 0 Å². The van der Waals surface area contributed by atoms with E-state index in [-0.39, 0.29) is 22.3 Å². The summed E-state index contributed by atoms with van der Waals surface area (Å²) in [5.41, 5.74) is -3.76. The van der Waals surface area contributed by atoms with Crippen molar-refractivity contribution in [3.8, 4) is 11.5 Å². The summed E-state index contributed by atoms with van der Waals surface area (Å²) in [7, 11) is 5.71. The molecule has 0 saturated carbocycles. The van der Waals surface area contributed by atoms with Gasteiger partial charge in [0.15, 0.2) is 22.8 Å². The number of amides is 2. The quantitative estimate of drug-likeness (QED) is 0.141. The lowest BCUT2D eigenvalue weighted by Crippen LogP contribution is -2.70. The standard InChI is InChI=1S/2C22H24N2O9/c2*1-21(32)7-5-4-6-8(25)9(7)15(26)10-12(21)17(28)13-14(24(2)3)16(27)11(20(23)31)19(30)22(13,33)18(10)29/h2*4-6,12-14,17,25,27-29,32-33H,1-3H3,(H2,23,31)/t2*12-,13-,14+,17+,21-,22+/m11/s1. The molecule has 0 heterocycles. The van der Waals surface area contributed by atoms with Crippen molar-refractivity contribution in [1.82, 2.24) is 9.80 Å². The smallest absolute Gasteiger partial charge is 0.255 e.